The van der Waals surface area contributed by atoms with Crippen molar-refractivity contribution < 1.29 is 40.6 Å². The molecule has 0 aliphatic heterocycles. The van der Waals surface area contributed by atoms with Crippen molar-refractivity contribution in [1.82, 2.24) is 0 Å². The highest BCUT2D eigenvalue weighted by Gasteiger charge is 2.30. The van der Waals surface area contributed by atoms with Crippen molar-refractivity contribution in [3.63, 3.8) is 0 Å². The predicted molar refractivity (Wildman–Crippen MR) is 100 cm³/mol. The largest absolute Gasteiger partial charge is 0.464 e. The van der Waals surface area contributed by atoms with Gasteiger partial charge in [0.15, 0.2) is 5.71 Å². The monoisotopic (exact) mass is 414 g/mol. The summed E-state index contributed by atoms with van der Waals surface area (Å²) in [6.45, 7) is -1.86. The van der Waals surface area contributed by atoms with Crippen LogP contribution in [0.3, 0.4) is 0 Å². The smallest absolute Gasteiger partial charge is 0.416 e. The van der Waals surface area contributed by atoms with E-state index in [1.165, 1.54) is 13.0 Å². The van der Waals surface area contributed by atoms with Crippen molar-refractivity contribution in [3.05, 3.63) is 70.7 Å². The molecular formula is C20H19F3N2O4. The lowest BCUT2D eigenvalue weighted by molar-refractivity contribution is -0.137. The van der Waals surface area contributed by atoms with Gasteiger partial charge in [0.1, 0.15) is 13.7 Å². The molecule has 9 heteroatoms. The van der Waals surface area contributed by atoms with E-state index in [1.54, 1.807) is 0 Å². The summed E-state index contributed by atoms with van der Waals surface area (Å²) in [5.41, 5.74) is -3.51. The minimum absolute atomic E-state index is 0.0398. The molecule has 0 amide bonds. The Hall–Kier alpha value is -3.36. The van der Waals surface area contributed by atoms with Gasteiger partial charge < -0.3 is 14.4 Å². The molecule has 0 spiro atoms. The van der Waals surface area contributed by atoms with E-state index in [1.807, 2.05) is 0 Å². The van der Waals surface area contributed by atoms with Gasteiger partial charge in [-0.25, -0.2) is 4.79 Å². The van der Waals surface area contributed by atoms with Gasteiger partial charge in [-0.3, -0.25) is 0 Å². The maximum absolute atomic E-state index is 13.0. The van der Waals surface area contributed by atoms with Crippen LogP contribution >= 0.6 is 0 Å². The van der Waals surface area contributed by atoms with Gasteiger partial charge in [-0.2, -0.15) is 13.2 Å². The summed E-state index contributed by atoms with van der Waals surface area (Å²) in [6, 6.07) is 0.627. The first-order valence-corrected chi connectivity index (χ1v) is 7.88. The quantitative estimate of drug-likeness (QED) is 0.387. The lowest BCUT2D eigenvalue weighted by atomic mass is 10.0. The van der Waals surface area contributed by atoms with Crippen LogP contribution < -0.4 is 0 Å². The molecule has 0 saturated carbocycles. The second kappa shape index (κ2) is 9.72. The van der Waals surface area contributed by atoms with Crippen molar-refractivity contribution in [2.75, 3.05) is 14.2 Å². The molecule has 0 saturated heterocycles. The van der Waals surface area contributed by atoms with Crippen molar-refractivity contribution in [1.29, 1.82) is 0 Å². The Morgan fingerprint density at radius 1 is 1.21 bits per heavy atom. The van der Waals surface area contributed by atoms with Gasteiger partial charge in [0.05, 0.1) is 26.6 Å². The normalized spacial score (nSPS) is 15.9. The molecule has 6 nitrogen and oxygen atoms in total. The summed E-state index contributed by atoms with van der Waals surface area (Å²) in [6.07, 6.45) is -4.63. The summed E-state index contributed by atoms with van der Waals surface area (Å²) < 4.78 is 92.2. The highest BCUT2D eigenvalue weighted by Crippen LogP contribution is 2.29. The van der Waals surface area contributed by atoms with Crippen LogP contribution in [-0.4, -0.2) is 31.6 Å². The first-order chi connectivity index (χ1) is 16.2. The molecule has 154 valence electrons. The van der Waals surface area contributed by atoms with Crippen LogP contribution in [0.2, 0.25) is 0 Å². The SMILES string of the molecule is [2H]c1c([2H])c([2H])c(C([2H])([2H])O/N=C(\C)c2cccc(C(F)(F)F)c2)c(/C(=N/OC)C(=O)OC)c1[2H]. The number of halogens is 3. The zero-order valence-electron chi connectivity index (χ0n) is 21.5. The van der Waals surface area contributed by atoms with E-state index in [4.69, 9.17) is 13.1 Å². The van der Waals surface area contributed by atoms with Gasteiger partial charge in [-0.1, -0.05) is 46.6 Å². The third-order valence-corrected chi connectivity index (χ3v) is 3.42. The Labute approximate surface area is 174 Å². The van der Waals surface area contributed by atoms with Crippen molar-refractivity contribution in [2.45, 2.75) is 19.7 Å². The van der Waals surface area contributed by atoms with E-state index >= 15 is 0 Å². The van der Waals surface area contributed by atoms with Crippen molar-refractivity contribution in [2.24, 2.45) is 10.3 Å². The van der Waals surface area contributed by atoms with E-state index in [0.717, 1.165) is 32.4 Å². The molecular weight excluding hydrogens is 389 g/mol. The van der Waals surface area contributed by atoms with Gasteiger partial charge in [-0.15, -0.1) is 0 Å². The Morgan fingerprint density at radius 3 is 2.59 bits per heavy atom. The number of oxime groups is 2. The van der Waals surface area contributed by atoms with Crippen LogP contribution in [0, 0.1) is 0 Å². The molecule has 0 aromatic heterocycles. The molecule has 0 heterocycles. The lowest BCUT2D eigenvalue weighted by Crippen LogP contribution is -2.19. The summed E-state index contributed by atoms with van der Waals surface area (Å²) in [5, 5.41) is 6.95. The fraction of sp³-hybridized carbons (Fsp3) is 0.250. The Balaban J connectivity index is 2.67. The number of benzene rings is 2. The molecule has 0 fully saturated rings. The van der Waals surface area contributed by atoms with Crippen LogP contribution in [-0.2, 0) is 31.9 Å². The van der Waals surface area contributed by atoms with E-state index in [9.17, 15) is 18.0 Å². The van der Waals surface area contributed by atoms with E-state index < -0.39 is 65.3 Å². The number of rotatable bonds is 7. The minimum Gasteiger partial charge on any atom is -0.464 e. The first-order valence-electron chi connectivity index (χ1n) is 10.9. The zero-order valence-corrected chi connectivity index (χ0v) is 15.5. The van der Waals surface area contributed by atoms with Crippen LogP contribution in [0.1, 0.15) is 37.4 Å². The second-order valence-corrected chi connectivity index (χ2v) is 5.31. The topological polar surface area (TPSA) is 69.5 Å². The van der Waals surface area contributed by atoms with Crippen molar-refractivity contribution >= 4 is 17.4 Å². The van der Waals surface area contributed by atoms with Gasteiger partial charge in [0, 0.05) is 11.1 Å². The first kappa shape index (κ1) is 14.6. The molecule has 2 aromatic carbocycles. The standard InChI is InChI=1S/C20H19F3N2O4/c1-13(14-8-6-9-16(11-14)20(21,22)23)24-29-12-15-7-4-5-10-17(15)18(25-28-3)19(26)27-2/h4-11H,12H2,1-3H3/b24-13+,25-18-/i4D,5D,7D,10D,12D2. The van der Waals surface area contributed by atoms with E-state index in [0.29, 0.717) is 0 Å². The molecule has 0 aliphatic carbocycles. The number of nitrogens with zero attached hydrogens (tertiary/aromatic N) is 2. The highest BCUT2D eigenvalue weighted by molar-refractivity contribution is 6.43. The molecule has 2 rings (SSSR count). The van der Waals surface area contributed by atoms with Gasteiger partial charge in [-0.05, 0) is 24.6 Å². The average molecular weight is 414 g/mol. The van der Waals surface area contributed by atoms with Gasteiger partial charge in [0.25, 0.3) is 0 Å². The molecule has 0 N–H and O–H groups in total. The number of carbonyl (C=O) groups excluding carboxylic acids is 1. The number of hydrogen-bond donors (Lipinski definition) is 0. The highest BCUT2D eigenvalue weighted by atomic mass is 19.4. The van der Waals surface area contributed by atoms with Crippen molar-refractivity contribution in [3.8, 4) is 0 Å². The summed E-state index contributed by atoms with van der Waals surface area (Å²) >= 11 is 0. The summed E-state index contributed by atoms with van der Waals surface area (Å²) in [4.78, 5) is 21.7. The molecule has 29 heavy (non-hydrogen) atoms. The fourth-order valence-corrected chi connectivity index (χ4v) is 2.05. The number of ether oxygens (including phenoxy) is 1. The van der Waals surface area contributed by atoms with E-state index in [2.05, 4.69) is 19.9 Å². The number of esters is 1. The molecule has 0 atom stereocenters. The van der Waals surface area contributed by atoms with Crippen LogP contribution in [0.4, 0.5) is 13.2 Å². The minimum atomic E-state index is -4.63. The maximum Gasteiger partial charge on any atom is 0.416 e. The Kier molecular flexibility index (Phi) is 4.90. The zero-order chi connectivity index (χ0) is 26.7. The van der Waals surface area contributed by atoms with Gasteiger partial charge in [0.2, 0.25) is 0 Å². The van der Waals surface area contributed by atoms with E-state index in [-0.39, 0.29) is 11.3 Å². The number of alkyl halides is 3. The Bertz CT molecular complexity index is 1200. The molecule has 0 radical (unpaired) electrons. The number of hydrogen-bond acceptors (Lipinski definition) is 6. The predicted octanol–water partition coefficient (Wildman–Crippen LogP) is 4.17. The average Bonchev–Trinajstić information content (AvgIpc) is 2.81. The van der Waals surface area contributed by atoms with Gasteiger partial charge >= 0.3 is 12.1 Å². The third-order valence-electron chi connectivity index (χ3n) is 3.42. The molecule has 0 aliphatic rings. The maximum atomic E-state index is 13.0. The summed E-state index contributed by atoms with van der Waals surface area (Å²) in [5.74, 6) is -1.20. The second-order valence-electron chi connectivity index (χ2n) is 5.31. The third kappa shape index (κ3) is 5.81. The van der Waals surface area contributed by atoms with Crippen LogP contribution in [0.25, 0.3) is 0 Å². The lowest BCUT2D eigenvalue weighted by Gasteiger charge is -2.10. The Morgan fingerprint density at radius 2 is 1.93 bits per heavy atom. The summed E-state index contributed by atoms with van der Waals surface area (Å²) in [7, 11) is 2.01. The fourth-order valence-electron chi connectivity index (χ4n) is 2.05. The number of methoxy groups -OCH3 is 1. The number of carbonyl (C=O) groups is 1. The van der Waals surface area contributed by atoms with Crippen LogP contribution in [0.5, 0.6) is 0 Å². The van der Waals surface area contributed by atoms with Crippen LogP contribution in [0.15, 0.2) is 58.7 Å². The molecule has 2 aromatic rings. The molecule has 0 bridgehead atoms. The molecule has 0 unspecified atom stereocenters.